The minimum atomic E-state index is -6.68. The molecule has 0 amide bonds. The molecule has 0 bridgehead atoms. The molecule has 3 N–H and O–H groups in total. The first-order chi connectivity index (χ1) is 12.0. The number of carbonyl (C=O) groups is 3. The van der Waals surface area contributed by atoms with Crippen molar-refractivity contribution in [2.75, 3.05) is 0 Å². The first-order valence-electron chi connectivity index (χ1n) is 6.23. The van der Waals surface area contributed by atoms with Crippen LogP contribution in [0.15, 0.2) is 18.2 Å². The monoisotopic (exact) mass is 422 g/mol. The van der Waals surface area contributed by atoms with E-state index in [0.717, 1.165) is 0 Å². The number of carbonyl (C=O) groups excluding carboxylic acids is 1. The average Bonchev–Trinajstić information content (AvgIpc) is 2.49. The van der Waals surface area contributed by atoms with Crippen molar-refractivity contribution in [3.63, 3.8) is 0 Å². The normalized spacial score (nSPS) is 13.7. The maximum Gasteiger partial charge on any atom is 0.432 e. The number of alkyl halides is 5. The van der Waals surface area contributed by atoms with Crippen molar-refractivity contribution >= 4 is 28.0 Å². The summed E-state index contributed by atoms with van der Waals surface area (Å²) in [6.45, 7) is 0. The van der Waals surface area contributed by atoms with E-state index >= 15 is 0 Å². The van der Waals surface area contributed by atoms with Crippen LogP contribution in [-0.2, 0) is 14.9 Å². The van der Waals surface area contributed by atoms with E-state index in [0.29, 0.717) is 18.2 Å². The van der Waals surface area contributed by atoms with Gasteiger partial charge in [0.1, 0.15) is 0 Å². The lowest BCUT2D eigenvalue weighted by Gasteiger charge is -2.26. The molecule has 1 aromatic rings. The summed E-state index contributed by atoms with van der Waals surface area (Å²) in [6.07, 6.45) is -10.9. The zero-order valence-corrected chi connectivity index (χ0v) is 13.2. The third-order valence-electron chi connectivity index (χ3n) is 2.89. The van der Waals surface area contributed by atoms with Crippen LogP contribution in [0.5, 0.6) is 0 Å². The topological polar surface area (TPSA) is 155 Å². The summed E-state index contributed by atoms with van der Waals surface area (Å²) in [5.41, 5.74) is -3.19. The van der Waals surface area contributed by atoms with Gasteiger partial charge in [0.2, 0.25) is 0 Å². The minimum absolute atomic E-state index is 0.338. The maximum absolute atomic E-state index is 13.4. The maximum atomic E-state index is 13.4. The summed E-state index contributed by atoms with van der Waals surface area (Å²) in [6, 6.07) is 1.27. The van der Waals surface area contributed by atoms with Gasteiger partial charge in [-0.2, -0.15) is 30.4 Å². The second-order valence-corrected chi connectivity index (χ2v) is 6.23. The average molecular weight is 422 g/mol. The molecule has 0 fully saturated rings. The summed E-state index contributed by atoms with van der Waals surface area (Å²) in [4.78, 5) is 33.5. The summed E-state index contributed by atoms with van der Waals surface area (Å²) in [5.74, 6) is -6.05. The molecule has 15 heteroatoms. The fraction of sp³-hybridized carbons (Fsp3) is 0.250. The lowest BCUT2D eigenvalue weighted by atomic mass is 10.0. The zero-order valence-electron chi connectivity index (χ0n) is 12.4. The van der Waals surface area contributed by atoms with Crippen molar-refractivity contribution in [2.24, 2.45) is 0 Å². The van der Waals surface area contributed by atoms with Crippen molar-refractivity contribution in [3.8, 4) is 0 Å². The molecule has 1 aromatic carbocycles. The number of carboxylic acids is 2. The molecule has 1 unspecified atom stereocenters. The van der Waals surface area contributed by atoms with Gasteiger partial charge in [-0.15, -0.1) is 0 Å². The number of hydrogen-bond donors (Lipinski definition) is 3. The van der Waals surface area contributed by atoms with Crippen molar-refractivity contribution in [1.29, 1.82) is 0 Å². The summed E-state index contributed by atoms with van der Waals surface area (Å²) in [5, 5.41) is 11.6. The van der Waals surface area contributed by atoms with Gasteiger partial charge in [-0.3, -0.25) is 4.55 Å². The van der Waals surface area contributed by atoms with E-state index < -0.39 is 62.3 Å². The molecule has 0 heterocycles. The second kappa shape index (κ2) is 7.07. The molecule has 9 nitrogen and oxygen atoms in total. The molecule has 0 radical (unpaired) electrons. The van der Waals surface area contributed by atoms with Crippen molar-refractivity contribution < 1.29 is 64.3 Å². The fourth-order valence-corrected chi connectivity index (χ4v) is 2.12. The number of ether oxygens (including phenoxy) is 1. The highest BCUT2D eigenvalue weighted by molar-refractivity contribution is 7.86. The third-order valence-corrected chi connectivity index (χ3v) is 3.79. The Kier molecular flexibility index (Phi) is 5.82. The number of hydrogen-bond acceptors (Lipinski definition) is 6. The number of halogens is 5. The SMILES string of the molecule is O=C(O)c1ccc(C(=O)OC(C(F)(F)F)C(F)(F)S(=O)(=O)O)c(C(=O)O)c1. The molecular formula is C12H7F5O9S. The van der Waals surface area contributed by atoms with Crippen LogP contribution in [0.3, 0.4) is 0 Å². The Morgan fingerprint density at radius 3 is 1.85 bits per heavy atom. The highest BCUT2D eigenvalue weighted by Crippen LogP contribution is 2.38. The summed E-state index contributed by atoms with van der Waals surface area (Å²) in [7, 11) is -6.68. The molecule has 27 heavy (non-hydrogen) atoms. The van der Waals surface area contributed by atoms with E-state index in [-0.39, 0.29) is 0 Å². The molecule has 0 spiro atoms. The van der Waals surface area contributed by atoms with E-state index in [2.05, 4.69) is 4.74 Å². The first kappa shape index (κ1) is 22.2. The molecule has 1 atom stereocenters. The predicted octanol–water partition coefficient (Wildman–Crippen LogP) is 1.65. The Labute approximate surface area is 145 Å². The minimum Gasteiger partial charge on any atom is -0.478 e. The highest BCUT2D eigenvalue weighted by Gasteiger charge is 2.66. The van der Waals surface area contributed by atoms with Crippen LogP contribution >= 0.6 is 0 Å². The molecule has 150 valence electrons. The molecule has 0 aliphatic carbocycles. The van der Waals surface area contributed by atoms with Gasteiger partial charge in [0.25, 0.3) is 6.10 Å². The molecule has 0 aliphatic heterocycles. The number of rotatable bonds is 6. The Hall–Kier alpha value is -2.81. The predicted molar refractivity (Wildman–Crippen MR) is 72.1 cm³/mol. The first-order valence-corrected chi connectivity index (χ1v) is 7.67. The Bertz CT molecular complexity index is 891. The Morgan fingerprint density at radius 2 is 1.48 bits per heavy atom. The fourth-order valence-electron chi connectivity index (χ4n) is 1.66. The van der Waals surface area contributed by atoms with Gasteiger partial charge in [0.05, 0.1) is 16.7 Å². The van der Waals surface area contributed by atoms with Gasteiger partial charge in [-0.05, 0) is 18.2 Å². The van der Waals surface area contributed by atoms with Gasteiger partial charge in [0.15, 0.2) is 0 Å². The molecular weight excluding hydrogens is 415 g/mol. The Morgan fingerprint density at radius 1 is 0.963 bits per heavy atom. The quantitative estimate of drug-likeness (QED) is 0.352. The highest BCUT2D eigenvalue weighted by atomic mass is 32.2. The van der Waals surface area contributed by atoms with Crippen LogP contribution in [0.1, 0.15) is 31.1 Å². The van der Waals surface area contributed by atoms with E-state index in [1.54, 1.807) is 0 Å². The van der Waals surface area contributed by atoms with Gasteiger partial charge in [-0.25, -0.2) is 14.4 Å². The van der Waals surface area contributed by atoms with Crippen LogP contribution in [-0.4, -0.2) is 58.6 Å². The van der Waals surface area contributed by atoms with Crippen LogP contribution in [0.25, 0.3) is 0 Å². The van der Waals surface area contributed by atoms with Gasteiger partial charge in [0, 0.05) is 0 Å². The van der Waals surface area contributed by atoms with Crippen LogP contribution in [0.2, 0.25) is 0 Å². The number of esters is 1. The smallest absolute Gasteiger partial charge is 0.432 e. The molecule has 0 aromatic heterocycles. The van der Waals surface area contributed by atoms with Gasteiger partial charge in [-0.1, -0.05) is 0 Å². The van der Waals surface area contributed by atoms with Crippen LogP contribution < -0.4 is 0 Å². The van der Waals surface area contributed by atoms with E-state index in [9.17, 15) is 44.8 Å². The zero-order chi connectivity index (χ0) is 21.4. The lowest BCUT2D eigenvalue weighted by Crippen LogP contribution is -2.52. The van der Waals surface area contributed by atoms with Crippen molar-refractivity contribution in [1.82, 2.24) is 0 Å². The summed E-state index contributed by atoms with van der Waals surface area (Å²) < 4.78 is 97.6. The molecule has 0 aliphatic rings. The molecule has 1 rings (SSSR count). The number of aromatic carboxylic acids is 2. The number of carboxylic acid groups (broad SMARTS) is 2. The van der Waals surface area contributed by atoms with Crippen molar-refractivity contribution in [2.45, 2.75) is 17.5 Å². The van der Waals surface area contributed by atoms with Crippen LogP contribution in [0, 0.1) is 0 Å². The third kappa shape index (κ3) is 4.68. The summed E-state index contributed by atoms with van der Waals surface area (Å²) >= 11 is 0. The molecule has 0 saturated heterocycles. The Balaban J connectivity index is 3.44. The van der Waals surface area contributed by atoms with Crippen LogP contribution in [0.4, 0.5) is 22.0 Å². The van der Waals surface area contributed by atoms with Gasteiger partial charge >= 0.3 is 39.5 Å². The standard InChI is InChI=1S/C12H7F5O9S/c13-11(14,15)10(12(16,17)27(23,24)25)26-9(22)5-2-1-4(7(18)19)3-6(5)8(20)21/h1-3,10H,(H,18,19)(H,20,21)(H,23,24,25). The second-order valence-electron chi connectivity index (χ2n) is 4.73. The van der Waals surface area contributed by atoms with Crippen molar-refractivity contribution in [3.05, 3.63) is 34.9 Å². The largest absolute Gasteiger partial charge is 0.478 e. The van der Waals surface area contributed by atoms with E-state index in [1.165, 1.54) is 0 Å². The van der Waals surface area contributed by atoms with E-state index in [1.807, 2.05) is 0 Å². The van der Waals surface area contributed by atoms with E-state index in [4.69, 9.17) is 14.8 Å². The molecule has 0 saturated carbocycles. The number of benzene rings is 1. The van der Waals surface area contributed by atoms with Gasteiger partial charge < -0.3 is 14.9 Å². The lowest BCUT2D eigenvalue weighted by molar-refractivity contribution is -0.248.